The summed E-state index contributed by atoms with van der Waals surface area (Å²) in [5, 5.41) is 3.97. The maximum Gasteiger partial charge on any atom is 0.265 e. The lowest BCUT2D eigenvalue weighted by Gasteiger charge is -2.30. The van der Waals surface area contributed by atoms with Gasteiger partial charge in [-0.15, -0.1) is 11.8 Å². The minimum atomic E-state index is 0.200. The summed E-state index contributed by atoms with van der Waals surface area (Å²) in [5.41, 5.74) is 1.21. The van der Waals surface area contributed by atoms with E-state index in [0.717, 1.165) is 25.9 Å². The molecule has 1 aromatic carbocycles. The van der Waals surface area contributed by atoms with Gasteiger partial charge in [0.2, 0.25) is 11.8 Å². The molecule has 0 atom stereocenters. The van der Waals surface area contributed by atoms with Gasteiger partial charge in [-0.05, 0) is 36.6 Å². The molecule has 0 bridgehead atoms. The Labute approximate surface area is 152 Å². The molecule has 134 valence electrons. The second-order valence-electron chi connectivity index (χ2n) is 6.54. The van der Waals surface area contributed by atoms with Crippen LogP contribution in [0.2, 0.25) is 0 Å². The smallest absolute Gasteiger partial charge is 0.265 e. The highest BCUT2D eigenvalue weighted by Gasteiger charge is 2.27. The third-order valence-electron chi connectivity index (χ3n) is 4.47. The number of thioether (sulfide) groups is 1. The second-order valence-corrected chi connectivity index (χ2v) is 7.55. The zero-order chi connectivity index (χ0) is 17.8. The summed E-state index contributed by atoms with van der Waals surface area (Å²) >= 11 is 1.61. The third-order valence-corrected chi connectivity index (χ3v) is 5.63. The summed E-state index contributed by atoms with van der Waals surface area (Å²) in [6.07, 6.45) is 1.74. The maximum atomic E-state index is 12.5. The van der Waals surface area contributed by atoms with Crippen molar-refractivity contribution in [3.63, 3.8) is 0 Å². The van der Waals surface area contributed by atoms with Crippen molar-refractivity contribution in [1.29, 1.82) is 0 Å². The number of benzene rings is 1. The van der Waals surface area contributed by atoms with Crippen molar-refractivity contribution in [2.75, 3.05) is 37.8 Å². The van der Waals surface area contributed by atoms with Crippen LogP contribution in [0.1, 0.15) is 30.2 Å². The van der Waals surface area contributed by atoms with Crippen LogP contribution in [-0.2, 0) is 4.79 Å². The molecule has 7 heteroatoms. The maximum absolute atomic E-state index is 12.5. The number of likely N-dealkylation sites (tertiary alicyclic amines) is 1. The van der Waals surface area contributed by atoms with Crippen LogP contribution in [0.3, 0.4) is 0 Å². The van der Waals surface area contributed by atoms with E-state index in [4.69, 9.17) is 4.52 Å². The number of aryl methyl sites for hydroxylation is 1. The van der Waals surface area contributed by atoms with Gasteiger partial charge in [-0.2, -0.15) is 4.98 Å². The Balaban J connectivity index is 1.49. The van der Waals surface area contributed by atoms with E-state index in [1.807, 2.05) is 36.0 Å². The van der Waals surface area contributed by atoms with E-state index in [9.17, 15) is 4.79 Å². The van der Waals surface area contributed by atoms with Crippen molar-refractivity contribution in [3.8, 4) is 0 Å². The molecule has 2 aromatic rings. The van der Waals surface area contributed by atoms with Crippen molar-refractivity contribution < 1.29 is 9.32 Å². The average Bonchev–Trinajstić information content (AvgIpc) is 3.11. The number of nitrogens with zero attached hydrogens (tertiary/aromatic N) is 4. The number of hydrogen-bond donors (Lipinski definition) is 0. The molecule has 0 radical (unpaired) electrons. The molecular weight excluding hydrogens is 336 g/mol. The van der Waals surface area contributed by atoms with Crippen LogP contribution in [0.25, 0.3) is 0 Å². The summed E-state index contributed by atoms with van der Waals surface area (Å²) in [6, 6.07) is 8.17. The number of aromatic nitrogens is 2. The highest BCUT2D eigenvalue weighted by atomic mass is 32.2. The summed E-state index contributed by atoms with van der Waals surface area (Å²) in [7, 11) is 3.78. The van der Waals surface area contributed by atoms with E-state index in [2.05, 4.69) is 29.2 Å². The average molecular weight is 360 g/mol. The first-order chi connectivity index (χ1) is 12.0. The molecule has 0 spiro atoms. The standard InChI is InChI=1S/C18H24N4O2S/c1-13-6-4-5-7-15(13)25-12-16(23)22-10-8-14(9-11-22)17-19-18(20-24-17)21(2)3/h4-7,14H,8-12H2,1-3H3. The van der Waals surface area contributed by atoms with Crippen molar-refractivity contribution in [3.05, 3.63) is 35.7 Å². The molecule has 1 aliphatic heterocycles. The lowest BCUT2D eigenvalue weighted by Crippen LogP contribution is -2.39. The molecule has 6 nitrogen and oxygen atoms in total. The molecule has 1 saturated heterocycles. The van der Waals surface area contributed by atoms with Gasteiger partial charge in [0, 0.05) is 38.0 Å². The Kier molecular flexibility index (Phi) is 5.63. The van der Waals surface area contributed by atoms with Gasteiger partial charge < -0.3 is 14.3 Å². The molecular formula is C18H24N4O2S. The van der Waals surface area contributed by atoms with Crippen LogP contribution in [0, 0.1) is 6.92 Å². The van der Waals surface area contributed by atoms with Crippen molar-refractivity contribution in [2.24, 2.45) is 0 Å². The third kappa shape index (κ3) is 4.34. The van der Waals surface area contributed by atoms with E-state index in [0.29, 0.717) is 17.6 Å². The Morgan fingerprint density at radius 1 is 1.32 bits per heavy atom. The van der Waals surface area contributed by atoms with Crippen LogP contribution in [0.5, 0.6) is 0 Å². The Morgan fingerprint density at radius 3 is 2.68 bits per heavy atom. The van der Waals surface area contributed by atoms with Gasteiger partial charge in [0.1, 0.15) is 0 Å². The predicted octanol–water partition coefficient (Wildman–Crippen LogP) is 2.94. The van der Waals surface area contributed by atoms with Gasteiger partial charge in [-0.1, -0.05) is 18.2 Å². The summed E-state index contributed by atoms with van der Waals surface area (Å²) in [4.78, 5) is 21.8. The van der Waals surface area contributed by atoms with Gasteiger partial charge in [-0.25, -0.2) is 0 Å². The zero-order valence-corrected chi connectivity index (χ0v) is 15.8. The lowest BCUT2D eigenvalue weighted by atomic mass is 9.97. The highest BCUT2D eigenvalue weighted by molar-refractivity contribution is 8.00. The Hall–Kier alpha value is -2.02. The summed E-state index contributed by atoms with van der Waals surface area (Å²) in [5.74, 6) is 2.22. The molecule has 2 heterocycles. The number of rotatable bonds is 5. The Bertz CT molecular complexity index is 723. The number of anilines is 1. The SMILES string of the molecule is Cc1ccccc1SCC(=O)N1CCC(c2nc(N(C)C)no2)CC1. The number of piperidine rings is 1. The lowest BCUT2D eigenvalue weighted by molar-refractivity contribution is -0.129. The second kappa shape index (κ2) is 7.91. The van der Waals surface area contributed by atoms with Crippen LogP contribution < -0.4 is 4.90 Å². The van der Waals surface area contributed by atoms with Gasteiger partial charge in [-0.3, -0.25) is 4.79 Å². The van der Waals surface area contributed by atoms with E-state index >= 15 is 0 Å². The van der Waals surface area contributed by atoms with Gasteiger partial charge in [0.05, 0.1) is 5.75 Å². The first kappa shape index (κ1) is 17.8. The molecule has 0 unspecified atom stereocenters. The van der Waals surface area contributed by atoms with Crippen LogP contribution >= 0.6 is 11.8 Å². The fourth-order valence-electron chi connectivity index (χ4n) is 2.90. The highest BCUT2D eigenvalue weighted by Crippen LogP contribution is 2.29. The minimum absolute atomic E-state index is 0.200. The Morgan fingerprint density at radius 2 is 2.04 bits per heavy atom. The van der Waals surface area contributed by atoms with E-state index < -0.39 is 0 Å². The van der Waals surface area contributed by atoms with Gasteiger partial charge in [0.15, 0.2) is 0 Å². The van der Waals surface area contributed by atoms with Gasteiger partial charge >= 0.3 is 0 Å². The molecule has 1 amide bonds. The van der Waals surface area contributed by atoms with Crippen LogP contribution in [0.15, 0.2) is 33.7 Å². The monoisotopic (exact) mass is 360 g/mol. The first-order valence-corrected chi connectivity index (χ1v) is 9.50. The number of carbonyl (C=O) groups is 1. The number of carbonyl (C=O) groups excluding carboxylic acids is 1. The molecule has 0 N–H and O–H groups in total. The van der Waals surface area contributed by atoms with Crippen LogP contribution in [-0.4, -0.2) is 53.9 Å². The summed E-state index contributed by atoms with van der Waals surface area (Å²) < 4.78 is 5.37. The number of hydrogen-bond acceptors (Lipinski definition) is 6. The molecule has 0 saturated carbocycles. The molecule has 1 aliphatic rings. The van der Waals surface area contributed by atoms with Crippen molar-refractivity contribution >= 4 is 23.6 Å². The zero-order valence-electron chi connectivity index (χ0n) is 14.9. The number of amides is 1. The van der Waals surface area contributed by atoms with Crippen molar-refractivity contribution in [1.82, 2.24) is 15.0 Å². The largest absolute Gasteiger partial charge is 0.344 e. The summed E-state index contributed by atoms with van der Waals surface area (Å²) in [6.45, 7) is 3.57. The molecule has 1 fully saturated rings. The molecule has 3 rings (SSSR count). The normalized spacial score (nSPS) is 15.4. The predicted molar refractivity (Wildman–Crippen MR) is 99.1 cm³/mol. The minimum Gasteiger partial charge on any atom is -0.344 e. The molecule has 25 heavy (non-hydrogen) atoms. The molecule has 1 aromatic heterocycles. The van der Waals surface area contributed by atoms with E-state index in [-0.39, 0.29) is 11.8 Å². The fourth-order valence-corrected chi connectivity index (χ4v) is 3.83. The van der Waals surface area contributed by atoms with E-state index in [1.54, 1.807) is 11.8 Å². The fraction of sp³-hybridized carbons (Fsp3) is 0.500. The van der Waals surface area contributed by atoms with Crippen LogP contribution in [0.4, 0.5) is 5.95 Å². The van der Waals surface area contributed by atoms with E-state index in [1.165, 1.54) is 10.5 Å². The molecule has 0 aliphatic carbocycles. The first-order valence-electron chi connectivity index (χ1n) is 8.51. The van der Waals surface area contributed by atoms with Crippen molar-refractivity contribution in [2.45, 2.75) is 30.6 Å². The quantitative estimate of drug-likeness (QED) is 0.764. The van der Waals surface area contributed by atoms with Gasteiger partial charge in [0.25, 0.3) is 5.95 Å². The topological polar surface area (TPSA) is 62.5 Å².